The van der Waals surface area contributed by atoms with Crippen molar-refractivity contribution in [2.24, 2.45) is 0 Å². The van der Waals surface area contributed by atoms with Gasteiger partial charge in [-0.05, 0) is 44.5 Å². The summed E-state index contributed by atoms with van der Waals surface area (Å²) in [4.78, 5) is 18.6. The number of hydrogen-bond acceptors (Lipinski definition) is 6. The van der Waals surface area contributed by atoms with Crippen molar-refractivity contribution in [2.75, 3.05) is 36.0 Å². The Morgan fingerprint density at radius 3 is 2.06 bits per heavy atom. The smallest absolute Gasteiger partial charge is 0.225 e. The average molecular weight is 434 g/mol. The SMILES string of the molecule is Cc1cc(C)nc(N2CCN(c3cc(C)nc4c(-c5ccc(Cl)cc5)cnn34)CC2)n1. The minimum Gasteiger partial charge on any atom is -0.353 e. The van der Waals surface area contributed by atoms with Gasteiger partial charge in [-0.25, -0.2) is 15.0 Å². The number of fused-ring (bicyclic) bond motifs is 1. The highest BCUT2D eigenvalue weighted by Gasteiger charge is 2.23. The maximum atomic E-state index is 6.06. The third-order valence-corrected chi connectivity index (χ3v) is 5.85. The number of aryl methyl sites for hydroxylation is 3. The van der Waals surface area contributed by atoms with Gasteiger partial charge in [-0.2, -0.15) is 9.61 Å². The van der Waals surface area contributed by atoms with Gasteiger partial charge in [0, 0.05) is 59.9 Å². The lowest BCUT2D eigenvalue weighted by molar-refractivity contribution is 0.625. The molecule has 4 heterocycles. The summed E-state index contributed by atoms with van der Waals surface area (Å²) < 4.78 is 1.94. The van der Waals surface area contributed by atoms with Crippen molar-refractivity contribution in [1.82, 2.24) is 24.6 Å². The molecule has 1 saturated heterocycles. The molecule has 0 saturated carbocycles. The van der Waals surface area contributed by atoms with Crippen LogP contribution < -0.4 is 9.80 Å². The first-order valence-corrected chi connectivity index (χ1v) is 10.8. The predicted molar refractivity (Wildman–Crippen MR) is 124 cm³/mol. The second kappa shape index (κ2) is 7.81. The van der Waals surface area contributed by atoms with Gasteiger partial charge in [0.15, 0.2) is 5.65 Å². The minimum absolute atomic E-state index is 0.718. The lowest BCUT2D eigenvalue weighted by atomic mass is 10.1. The Labute approximate surface area is 186 Å². The van der Waals surface area contributed by atoms with Crippen molar-refractivity contribution in [1.29, 1.82) is 0 Å². The summed E-state index contributed by atoms with van der Waals surface area (Å²) >= 11 is 6.06. The van der Waals surface area contributed by atoms with Gasteiger partial charge in [0.25, 0.3) is 0 Å². The molecule has 4 aromatic rings. The van der Waals surface area contributed by atoms with Gasteiger partial charge < -0.3 is 9.80 Å². The predicted octanol–water partition coefficient (Wildman–Crippen LogP) is 4.09. The number of nitrogens with zero attached hydrogens (tertiary/aromatic N) is 7. The van der Waals surface area contributed by atoms with E-state index in [2.05, 4.69) is 30.9 Å². The van der Waals surface area contributed by atoms with Gasteiger partial charge in [-0.15, -0.1) is 0 Å². The summed E-state index contributed by atoms with van der Waals surface area (Å²) in [6.07, 6.45) is 1.88. The second-order valence-electron chi connectivity index (χ2n) is 7.98. The van der Waals surface area contributed by atoms with Crippen LogP contribution in [0.25, 0.3) is 16.8 Å². The summed E-state index contributed by atoms with van der Waals surface area (Å²) in [5.41, 5.74) is 5.89. The first-order valence-electron chi connectivity index (χ1n) is 10.4. The van der Waals surface area contributed by atoms with Crippen LogP contribution >= 0.6 is 11.6 Å². The molecule has 0 atom stereocenters. The Hall–Kier alpha value is -3.19. The number of rotatable bonds is 3. The van der Waals surface area contributed by atoms with Gasteiger partial charge >= 0.3 is 0 Å². The fourth-order valence-electron chi connectivity index (χ4n) is 4.11. The van der Waals surface area contributed by atoms with E-state index in [1.807, 2.05) is 61.8 Å². The summed E-state index contributed by atoms with van der Waals surface area (Å²) in [7, 11) is 0. The number of hydrogen-bond donors (Lipinski definition) is 0. The van der Waals surface area contributed by atoms with E-state index in [1.165, 1.54) is 0 Å². The fourth-order valence-corrected chi connectivity index (χ4v) is 4.23. The van der Waals surface area contributed by atoms with E-state index in [9.17, 15) is 0 Å². The number of anilines is 2. The Morgan fingerprint density at radius 1 is 0.774 bits per heavy atom. The van der Waals surface area contributed by atoms with Crippen molar-refractivity contribution >= 4 is 29.0 Å². The molecule has 0 bridgehead atoms. The molecule has 1 aromatic carbocycles. The molecular weight excluding hydrogens is 410 g/mol. The highest BCUT2D eigenvalue weighted by molar-refractivity contribution is 6.30. The quantitative estimate of drug-likeness (QED) is 0.485. The zero-order chi connectivity index (χ0) is 21.5. The van der Waals surface area contributed by atoms with Crippen LogP contribution in [0.15, 0.2) is 42.6 Å². The topological polar surface area (TPSA) is 62.5 Å². The van der Waals surface area contributed by atoms with Crippen LogP contribution in [0.2, 0.25) is 5.02 Å². The fraction of sp³-hybridized carbons (Fsp3) is 0.304. The standard InChI is InChI=1S/C23H24ClN7/c1-15-12-16(2)28-23(27-15)30-10-8-29(9-11-30)21-13-17(3)26-22-20(14-25-31(21)22)18-4-6-19(24)7-5-18/h4-7,12-14H,8-11H2,1-3H3. The first-order chi connectivity index (χ1) is 15.0. The number of aromatic nitrogens is 5. The summed E-state index contributed by atoms with van der Waals surface area (Å²) in [5, 5.41) is 5.39. The lowest BCUT2D eigenvalue weighted by Crippen LogP contribution is -2.47. The highest BCUT2D eigenvalue weighted by atomic mass is 35.5. The molecule has 0 aliphatic carbocycles. The van der Waals surface area contributed by atoms with Crippen LogP contribution in [0.5, 0.6) is 0 Å². The number of halogens is 1. The second-order valence-corrected chi connectivity index (χ2v) is 8.42. The van der Waals surface area contributed by atoms with Gasteiger partial charge in [0.2, 0.25) is 5.95 Å². The van der Waals surface area contributed by atoms with Crippen LogP contribution in [-0.2, 0) is 0 Å². The van der Waals surface area contributed by atoms with Crippen LogP contribution in [-0.4, -0.2) is 50.7 Å². The molecule has 0 amide bonds. The third-order valence-electron chi connectivity index (χ3n) is 5.59. The molecular formula is C23H24ClN7. The first kappa shape index (κ1) is 19.8. The van der Waals surface area contributed by atoms with Gasteiger partial charge in [-0.3, -0.25) is 0 Å². The van der Waals surface area contributed by atoms with E-state index in [0.29, 0.717) is 0 Å². The molecule has 1 aliphatic heterocycles. The normalized spacial score (nSPS) is 14.5. The molecule has 1 aliphatic rings. The van der Waals surface area contributed by atoms with Crippen LogP contribution in [0.3, 0.4) is 0 Å². The monoisotopic (exact) mass is 433 g/mol. The van der Waals surface area contributed by atoms with Crippen molar-refractivity contribution < 1.29 is 0 Å². The van der Waals surface area contributed by atoms with Crippen LogP contribution in [0, 0.1) is 20.8 Å². The molecule has 158 valence electrons. The van der Waals surface area contributed by atoms with E-state index < -0.39 is 0 Å². The molecule has 0 unspecified atom stereocenters. The molecule has 5 rings (SSSR count). The van der Waals surface area contributed by atoms with Crippen molar-refractivity contribution in [3.05, 3.63) is 64.7 Å². The lowest BCUT2D eigenvalue weighted by Gasteiger charge is -2.36. The molecule has 0 N–H and O–H groups in total. The summed E-state index contributed by atoms with van der Waals surface area (Å²) in [6, 6.07) is 11.9. The number of piperazine rings is 1. The van der Waals surface area contributed by atoms with Gasteiger partial charge in [0.05, 0.1) is 6.20 Å². The minimum atomic E-state index is 0.718. The van der Waals surface area contributed by atoms with Gasteiger partial charge in [0.1, 0.15) is 5.82 Å². The molecule has 0 radical (unpaired) electrons. The zero-order valence-corrected chi connectivity index (χ0v) is 18.6. The van der Waals surface area contributed by atoms with E-state index in [0.717, 1.165) is 76.8 Å². The molecule has 8 heteroatoms. The Morgan fingerprint density at radius 2 is 1.39 bits per heavy atom. The van der Waals surface area contributed by atoms with E-state index in [-0.39, 0.29) is 0 Å². The molecule has 1 fully saturated rings. The highest BCUT2D eigenvalue weighted by Crippen LogP contribution is 2.28. The number of benzene rings is 1. The Kier molecular flexibility index (Phi) is 4.98. The average Bonchev–Trinajstić information content (AvgIpc) is 3.17. The zero-order valence-electron chi connectivity index (χ0n) is 17.9. The van der Waals surface area contributed by atoms with Crippen LogP contribution in [0.1, 0.15) is 17.1 Å². The Balaban J connectivity index is 1.44. The molecule has 0 spiro atoms. The summed E-state index contributed by atoms with van der Waals surface area (Å²) in [6.45, 7) is 9.51. The van der Waals surface area contributed by atoms with Crippen molar-refractivity contribution in [3.8, 4) is 11.1 Å². The largest absolute Gasteiger partial charge is 0.353 e. The maximum absolute atomic E-state index is 6.06. The third kappa shape index (κ3) is 3.81. The molecule has 31 heavy (non-hydrogen) atoms. The Bertz CT molecular complexity index is 1220. The van der Waals surface area contributed by atoms with Crippen molar-refractivity contribution in [2.45, 2.75) is 20.8 Å². The van der Waals surface area contributed by atoms with Crippen LogP contribution in [0.4, 0.5) is 11.8 Å². The molecule has 3 aromatic heterocycles. The van der Waals surface area contributed by atoms with Crippen molar-refractivity contribution in [3.63, 3.8) is 0 Å². The van der Waals surface area contributed by atoms with E-state index in [1.54, 1.807) is 0 Å². The maximum Gasteiger partial charge on any atom is 0.225 e. The van der Waals surface area contributed by atoms with E-state index >= 15 is 0 Å². The summed E-state index contributed by atoms with van der Waals surface area (Å²) in [5.74, 6) is 1.88. The van der Waals surface area contributed by atoms with E-state index in [4.69, 9.17) is 16.6 Å². The van der Waals surface area contributed by atoms with Gasteiger partial charge in [-0.1, -0.05) is 23.7 Å². The molecule has 7 nitrogen and oxygen atoms in total.